The van der Waals surface area contributed by atoms with Crippen LogP contribution in [0, 0.1) is 0 Å². The van der Waals surface area contributed by atoms with Crippen molar-refractivity contribution in [2.45, 2.75) is 19.4 Å². The van der Waals surface area contributed by atoms with Gasteiger partial charge in [0, 0.05) is 5.75 Å². The highest BCUT2D eigenvalue weighted by Gasteiger charge is 2.34. The summed E-state index contributed by atoms with van der Waals surface area (Å²) in [7, 11) is 0. The number of carboxylic acid groups (broad SMARTS) is 1. The fourth-order valence-corrected chi connectivity index (χ4v) is 2.38. The van der Waals surface area contributed by atoms with E-state index < -0.39 is 17.9 Å². The summed E-state index contributed by atoms with van der Waals surface area (Å²) >= 11 is 1.39. The number of aliphatic carboxylic acids is 1. The molecule has 1 rings (SSSR count). The summed E-state index contributed by atoms with van der Waals surface area (Å²) in [5.74, 6) is -0.875. The smallest absolute Gasteiger partial charge is 0.327 e. The zero-order valence-electron chi connectivity index (χ0n) is 7.73. The van der Waals surface area contributed by atoms with Gasteiger partial charge in [-0.1, -0.05) is 0 Å². The van der Waals surface area contributed by atoms with Crippen molar-refractivity contribution in [2.75, 3.05) is 11.6 Å². The Morgan fingerprint density at radius 1 is 1.50 bits per heavy atom. The van der Waals surface area contributed by atoms with Crippen molar-refractivity contribution in [3.63, 3.8) is 0 Å². The van der Waals surface area contributed by atoms with E-state index in [-0.39, 0.29) is 12.2 Å². The van der Waals surface area contributed by atoms with E-state index in [1.807, 2.05) is 0 Å². The van der Waals surface area contributed by atoms with Gasteiger partial charge in [0.15, 0.2) is 0 Å². The third-order valence-corrected chi connectivity index (χ3v) is 2.90. The topological polar surface area (TPSA) is 74.7 Å². The summed E-state index contributed by atoms with van der Waals surface area (Å²) < 4.78 is 0. The first-order chi connectivity index (χ1) is 6.52. The molecule has 0 aromatic heterocycles. The number of rotatable bonds is 3. The third-order valence-electron chi connectivity index (χ3n) is 1.89. The van der Waals surface area contributed by atoms with Crippen LogP contribution in [0.3, 0.4) is 0 Å². The lowest BCUT2D eigenvalue weighted by atomic mass is 10.2. The molecule has 1 amide bonds. The van der Waals surface area contributed by atoms with Crippen LogP contribution in [0.25, 0.3) is 0 Å². The first-order valence-corrected chi connectivity index (χ1v) is 5.27. The summed E-state index contributed by atoms with van der Waals surface area (Å²) in [5, 5.41) is 8.77. The number of carbonyl (C=O) groups excluding carboxylic acids is 2. The second-order valence-electron chi connectivity index (χ2n) is 3.10. The molecule has 0 saturated carbocycles. The first kappa shape index (κ1) is 11.0. The molecule has 1 saturated heterocycles. The van der Waals surface area contributed by atoms with Gasteiger partial charge in [0.1, 0.15) is 11.8 Å². The molecule has 0 aromatic carbocycles. The molecule has 0 unspecified atom stereocenters. The fourth-order valence-electron chi connectivity index (χ4n) is 1.21. The monoisotopic (exact) mass is 217 g/mol. The zero-order chi connectivity index (χ0) is 10.7. The van der Waals surface area contributed by atoms with Crippen molar-refractivity contribution in [1.82, 2.24) is 4.90 Å². The SMILES string of the molecule is CC(=O)CC(=O)N1CSC[C@H]1C(=O)O. The van der Waals surface area contributed by atoms with Gasteiger partial charge in [0.25, 0.3) is 0 Å². The van der Waals surface area contributed by atoms with E-state index in [0.29, 0.717) is 11.6 Å². The van der Waals surface area contributed by atoms with Gasteiger partial charge in [-0.2, -0.15) is 0 Å². The minimum absolute atomic E-state index is 0.204. The number of ketones is 1. The van der Waals surface area contributed by atoms with Crippen molar-refractivity contribution in [1.29, 1.82) is 0 Å². The molecule has 1 aliphatic heterocycles. The van der Waals surface area contributed by atoms with E-state index in [0.717, 1.165) is 0 Å². The molecule has 1 N–H and O–H groups in total. The molecule has 1 atom stereocenters. The van der Waals surface area contributed by atoms with Crippen molar-refractivity contribution >= 4 is 29.4 Å². The molecule has 5 nitrogen and oxygen atoms in total. The maximum absolute atomic E-state index is 11.4. The van der Waals surface area contributed by atoms with E-state index in [1.165, 1.54) is 23.6 Å². The molecule has 14 heavy (non-hydrogen) atoms. The molecule has 0 spiro atoms. The Hall–Kier alpha value is -1.04. The van der Waals surface area contributed by atoms with Gasteiger partial charge in [-0.3, -0.25) is 9.59 Å². The van der Waals surface area contributed by atoms with Gasteiger partial charge in [-0.15, -0.1) is 11.8 Å². The number of hydrogen-bond donors (Lipinski definition) is 1. The van der Waals surface area contributed by atoms with Gasteiger partial charge < -0.3 is 10.0 Å². The van der Waals surface area contributed by atoms with Crippen LogP contribution in [0.15, 0.2) is 0 Å². The van der Waals surface area contributed by atoms with Crippen LogP contribution in [-0.2, 0) is 14.4 Å². The molecule has 6 heteroatoms. The Bertz CT molecular complexity index is 279. The maximum Gasteiger partial charge on any atom is 0.327 e. The fraction of sp³-hybridized carbons (Fsp3) is 0.625. The molecule has 0 radical (unpaired) electrons. The quantitative estimate of drug-likeness (QED) is 0.671. The van der Waals surface area contributed by atoms with E-state index in [4.69, 9.17) is 5.11 Å². The molecule has 0 bridgehead atoms. The second kappa shape index (κ2) is 4.45. The Morgan fingerprint density at radius 3 is 2.64 bits per heavy atom. The summed E-state index contributed by atoms with van der Waals surface area (Å²) in [6.45, 7) is 1.32. The number of nitrogens with zero attached hydrogens (tertiary/aromatic N) is 1. The maximum atomic E-state index is 11.4. The lowest BCUT2D eigenvalue weighted by molar-refractivity contribution is -0.148. The summed E-state index contributed by atoms with van der Waals surface area (Å²) in [6.07, 6.45) is -0.204. The largest absolute Gasteiger partial charge is 0.480 e. The number of amides is 1. The molecule has 78 valence electrons. The van der Waals surface area contributed by atoms with Crippen molar-refractivity contribution < 1.29 is 19.5 Å². The predicted molar refractivity (Wildman–Crippen MR) is 50.9 cm³/mol. The highest BCUT2D eigenvalue weighted by Crippen LogP contribution is 2.21. The van der Waals surface area contributed by atoms with Crippen LogP contribution in [0.2, 0.25) is 0 Å². The summed E-state index contributed by atoms with van der Waals surface area (Å²) in [6, 6.07) is -0.771. The highest BCUT2D eigenvalue weighted by molar-refractivity contribution is 7.99. The first-order valence-electron chi connectivity index (χ1n) is 4.12. The van der Waals surface area contributed by atoms with Crippen LogP contribution in [0.4, 0.5) is 0 Å². The van der Waals surface area contributed by atoms with E-state index in [9.17, 15) is 14.4 Å². The van der Waals surface area contributed by atoms with E-state index in [1.54, 1.807) is 0 Å². The number of Topliss-reactive ketones (excluding diaryl/α,β-unsaturated/α-hetero) is 1. The Labute approximate surface area is 85.4 Å². The van der Waals surface area contributed by atoms with Crippen LogP contribution < -0.4 is 0 Å². The molecule has 0 aliphatic carbocycles. The van der Waals surface area contributed by atoms with Gasteiger partial charge in [-0.25, -0.2) is 4.79 Å². The highest BCUT2D eigenvalue weighted by atomic mass is 32.2. The molecule has 1 fully saturated rings. The van der Waals surface area contributed by atoms with Crippen LogP contribution in [0.5, 0.6) is 0 Å². The van der Waals surface area contributed by atoms with Gasteiger partial charge in [0.2, 0.25) is 5.91 Å². The Morgan fingerprint density at radius 2 is 2.14 bits per heavy atom. The number of thioether (sulfide) groups is 1. The van der Waals surface area contributed by atoms with Crippen molar-refractivity contribution in [2.24, 2.45) is 0 Å². The van der Waals surface area contributed by atoms with Crippen LogP contribution in [0.1, 0.15) is 13.3 Å². The lowest BCUT2D eigenvalue weighted by Gasteiger charge is -2.19. The standard InChI is InChI=1S/C8H11NO4S/c1-5(10)2-7(11)9-4-14-3-6(9)8(12)13/h6H,2-4H2,1H3,(H,12,13)/t6-/m0/s1. The number of carboxylic acids is 1. The van der Waals surface area contributed by atoms with E-state index >= 15 is 0 Å². The normalized spacial score (nSPS) is 20.9. The minimum atomic E-state index is -1.01. The summed E-state index contributed by atoms with van der Waals surface area (Å²) in [4.78, 5) is 34.0. The predicted octanol–water partition coefficient (Wildman–Crippen LogP) is -0.0484. The second-order valence-corrected chi connectivity index (χ2v) is 4.10. The van der Waals surface area contributed by atoms with Gasteiger partial charge >= 0.3 is 5.97 Å². The minimum Gasteiger partial charge on any atom is -0.480 e. The Kier molecular flexibility index (Phi) is 3.51. The number of hydrogen-bond acceptors (Lipinski definition) is 4. The molecule has 0 aromatic rings. The average Bonchev–Trinajstić information content (AvgIpc) is 2.49. The molecule has 1 heterocycles. The van der Waals surface area contributed by atoms with E-state index in [2.05, 4.69) is 0 Å². The van der Waals surface area contributed by atoms with Crippen molar-refractivity contribution in [3.05, 3.63) is 0 Å². The molecular formula is C8H11NO4S. The average molecular weight is 217 g/mol. The van der Waals surface area contributed by atoms with Crippen LogP contribution >= 0.6 is 11.8 Å². The lowest BCUT2D eigenvalue weighted by Crippen LogP contribution is -2.42. The molecular weight excluding hydrogens is 206 g/mol. The van der Waals surface area contributed by atoms with Crippen molar-refractivity contribution in [3.8, 4) is 0 Å². The van der Waals surface area contributed by atoms with Gasteiger partial charge in [-0.05, 0) is 6.92 Å². The van der Waals surface area contributed by atoms with Gasteiger partial charge in [0.05, 0.1) is 12.3 Å². The summed E-state index contributed by atoms with van der Waals surface area (Å²) in [5.41, 5.74) is 0. The zero-order valence-corrected chi connectivity index (χ0v) is 8.54. The third kappa shape index (κ3) is 2.47. The number of carbonyl (C=O) groups is 3. The van der Waals surface area contributed by atoms with Crippen LogP contribution in [-0.4, -0.2) is 45.3 Å². The Balaban J connectivity index is 2.62. The molecule has 1 aliphatic rings.